The number of nitrogens with one attached hydrogen (secondary N) is 1. The largest absolute Gasteiger partial charge is 0.480 e. The van der Waals surface area contributed by atoms with Crippen molar-refractivity contribution in [2.24, 2.45) is 0 Å². The van der Waals surface area contributed by atoms with Crippen molar-refractivity contribution < 1.29 is 19.1 Å². The van der Waals surface area contributed by atoms with Gasteiger partial charge in [-0.3, -0.25) is 4.79 Å². The zero-order valence-corrected chi connectivity index (χ0v) is 14.5. The molecule has 0 unspecified atom stereocenters. The zero-order chi connectivity index (χ0) is 17.5. The van der Waals surface area contributed by atoms with Gasteiger partial charge in [-0.05, 0) is 30.3 Å². The van der Waals surface area contributed by atoms with Crippen molar-refractivity contribution in [1.29, 1.82) is 0 Å². The highest BCUT2D eigenvalue weighted by molar-refractivity contribution is 6.35. The smallest absolute Gasteiger partial charge is 0.344 e. The molecule has 0 aromatic heterocycles. The van der Waals surface area contributed by atoms with Crippen molar-refractivity contribution >= 4 is 52.4 Å². The van der Waals surface area contributed by atoms with Crippen LogP contribution in [0.5, 0.6) is 5.75 Å². The van der Waals surface area contributed by atoms with Crippen LogP contribution >= 0.6 is 34.8 Å². The summed E-state index contributed by atoms with van der Waals surface area (Å²) >= 11 is 17.5. The van der Waals surface area contributed by atoms with Gasteiger partial charge in [0.2, 0.25) is 0 Å². The van der Waals surface area contributed by atoms with Crippen molar-refractivity contribution in [2.45, 2.75) is 0 Å². The summed E-state index contributed by atoms with van der Waals surface area (Å²) in [6, 6.07) is 11.3. The molecule has 24 heavy (non-hydrogen) atoms. The number of carbonyl (C=O) groups excluding carboxylic acids is 2. The van der Waals surface area contributed by atoms with Crippen LogP contribution in [-0.4, -0.2) is 25.1 Å². The van der Waals surface area contributed by atoms with Crippen LogP contribution in [0.1, 0.15) is 0 Å². The van der Waals surface area contributed by atoms with Gasteiger partial charge in [0, 0.05) is 15.7 Å². The zero-order valence-electron chi connectivity index (χ0n) is 12.2. The van der Waals surface area contributed by atoms with Gasteiger partial charge in [0.15, 0.2) is 13.2 Å². The van der Waals surface area contributed by atoms with Crippen molar-refractivity contribution in [3.05, 3.63) is 57.5 Å². The van der Waals surface area contributed by atoms with Crippen LogP contribution in [-0.2, 0) is 14.3 Å². The van der Waals surface area contributed by atoms with E-state index in [0.717, 1.165) is 0 Å². The Hall–Kier alpha value is -1.95. The fourth-order valence-electron chi connectivity index (χ4n) is 1.71. The summed E-state index contributed by atoms with van der Waals surface area (Å²) < 4.78 is 10.0. The van der Waals surface area contributed by atoms with E-state index in [1.807, 2.05) is 0 Å². The van der Waals surface area contributed by atoms with Crippen LogP contribution in [0.15, 0.2) is 42.5 Å². The maximum Gasteiger partial charge on any atom is 0.344 e. The molecule has 0 fully saturated rings. The van der Waals surface area contributed by atoms with Crippen LogP contribution in [0, 0.1) is 0 Å². The highest BCUT2D eigenvalue weighted by Crippen LogP contribution is 2.23. The molecule has 0 atom stereocenters. The summed E-state index contributed by atoms with van der Waals surface area (Å²) in [5.41, 5.74) is 0.404. The second-order valence-electron chi connectivity index (χ2n) is 4.59. The molecule has 8 heteroatoms. The van der Waals surface area contributed by atoms with Gasteiger partial charge in [-0.2, -0.15) is 0 Å². The first-order chi connectivity index (χ1) is 11.4. The number of halogens is 3. The number of esters is 1. The molecule has 0 saturated carbocycles. The summed E-state index contributed by atoms with van der Waals surface area (Å²) in [4.78, 5) is 23.3. The average Bonchev–Trinajstić information content (AvgIpc) is 2.51. The van der Waals surface area contributed by atoms with E-state index >= 15 is 0 Å². The van der Waals surface area contributed by atoms with Gasteiger partial charge in [-0.1, -0.05) is 46.9 Å². The summed E-state index contributed by atoms with van der Waals surface area (Å²) in [6.45, 7) is -0.825. The number of benzene rings is 2. The van der Waals surface area contributed by atoms with Crippen LogP contribution in [0.4, 0.5) is 5.69 Å². The van der Waals surface area contributed by atoms with Crippen LogP contribution in [0.25, 0.3) is 0 Å². The molecule has 2 rings (SSSR count). The highest BCUT2D eigenvalue weighted by Gasteiger charge is 2.10. The Bertz CT molecular complexity index is 732. The van der Waals surface area contributed by atoms with Gasteiger partial charge in [0.1, 0.15) is 5.75 Å². The van der Waals surface area contributed by atoms with E-state index in [0.29, 0.717) is 26.5 Å². The normalized spacial score (nSPS) is 10.1. The first kappa shape index (κ1) is 18.4. The van der Waals surface area contributed by atoms with Crippen molar-refractivity contribution in [3.63, 3.8) is 0 Å². The number of anilines is 1. The second-order valence-corrected chi connectivity index (χ2v) is 5.87. The number of amides is 1. The van der Waals surface area contributed by atoms with E-state index in [1.54, 1.807) is 24.3 Å². The van der Waals surface area contributed by atoms with E-state index in [-0.39, 0.29) is 6.61 Å². The molecule has 0 bridgehead atoms. The topological polar surface area (TPSA) is 64.6 Å². The number of carbonyl (C=O) groups is 2. The fourth-order valence-corrected chi connectivity index (χ4v) is 2.43. The van der Waals surface area contributed by atoms with Crippen LogP contribution < -0.4 is 10.1 Å². The monoisotopic (exact) mass is 387 g/mol. The Morgan fingerprint density at radius 2 is 1.62 bits per heavy atom. The first-order valence-corrected chi connectivity index (χ1v) is 7.86. The highest BCUT2D eigenvalue weighted by atomic mass is 35.5. The maximum absolute atomic E-state index is 11.7. The van der Waals surface area contributed by atoms with Gasteiger partial charge in [0.05, 0.1) is 5.02 Å². The molecule has 2 aromatic carbocycles. The van der Waals surface area contributed by atoms with Crippen molar-refractivity contribution in [2.75, 3.05) is 18.5 Å². The lowest BCUT2D eigenvalue weighted by atomic mass is 10.3. The lowest BCUT2D eigenvalue weighted by molar-refractivity contribution is -0.149. The average molecular weight is 389 g/mol. The number of rotatable bonds is 6. The maximum atomic E-state index is 11.7. The molecular weight excluding hydrogens is 377 g/mol. The first-order valence-electron chi connectivity index (χ1n) is 6.73. The third-order valence-electron chi connectivity index (χ3n) is 2.69. The standard InChI is InChI=1S/C16H12Cl3NO4/c17-10-5-11(18)7-12(6-10)20-15(21)8-24-16(22)9-23-14-4-2-1-3-13(14)19/h1-7H,8-9H2,(H,20,21). The number of para-hydroxylation sites is 1. The Balaban J connectivity index is 1.77. The molecule has 0 aliphatic heterocycles. The molecule has 0 aliphatic rings. The predicted molar refractivity (Wildman–Crippen MR) is 93.0 cm³/mol. The number of ether oxygens (including phenoxy) is 2. The van der Waals surface area contributed by atoms with E-state index < -0.39 is 18.5 Å². The Kier molecular flexibility index (Phi) is 6.73. The lowest BCUT2D eigenvalue weighted by Gasteiger charge is -2.09. The predicted octanol–water partition coefficient (Wildman–Crippen LogP) is 4.21. The van der Waals surface area contributed by atoms with Gasteiger partial charge in [-0.25, -0.2) is 4.79 Å². The second kappa shape index (κ2) is 8.78. The molecule has 0 heterocycles. The Morgan fingerprint density at radius 1 is 0.958 bits per heavy atom. The van der Waals surface area contributed by atoms with Crippen molar-refractivity contribution in [3.8, 4) is 5.75 Å². The lowest BCUT2D eigenvalue weighted by Crippen LogP contribution is -2.23. The minimum atomic E-state index is -0.700. The summed E-state index contributed by atoms with van der Waals surface area (Å²) in [7, 11) is 0. The molecule has 2 aromatic rings. The summed E-state index contributed by atoms with van der Waals surface area (Å²) in [6.07, 6.45) is 0. The van der Waals surface area contributed by atoms with E-state index in [9.17, 15) is 9.59 Å². The summed E-state index contributed by atoms with van der Waals surface area (Å²) in [5.74, 6) is -0.872. The molecular formula is C16H12Cl3NO4. The molecule has 0 radical (unpaired) electrons. The Labute approximate surface area is 153 Å². The molecule has 1 amide bonds. The quantitative estimate of drug-likeness (QED) is 0.753. The van der Waals surface area contributed by atoms with Gasteiger partial charge in [0.25, 0.3) is 5.91 Å². The van der Waals surface area contributed by atoms with Gasteiger partial charge < -0.3 is 14.8 Å². The number of hydrogen-bond acceptors (Lipinski definition) is 4. The van der Waals surface area contributed by atoms with Gasteiger partial charge in [-0.15, -0.1) is 0 Å². The van der Waals surface area contributed by atoms with Crippen LogP contribution in [0.2, 0.25) is 15.1 Å². The minimum absolute atomic E-state index is 0.356. The van der Waals surface area contributed by atoms with Gasteiger partial charge >= 0.3 is 5.97 Å². The van der Waals surface area contributed by atoms with Crippen LogP contribution in [0.3, 0.4) is 0 Å². The van der Waals surface area contributed by atoms with Crippen molar-refractivity contribution in [1.82, 2.24) is 0 Å². The molecule has 0 spiro atoms. The molecule has 1 N–H and O–H groups in total. The summed E-state index contributed by atoms with van der Waals surface area (Å²) in [5, 5.41) is 3.65. The molecule has 126 valence electrons. The Morgan fingerprint density at radius 3 is 2.29 bits per heavy atom. The fraction of sp³-hybridized carbons (Fsp3) is 0.125. The molecule has 0 aliphatic carbocycles. The molecule has 0 saturated heterocycles. The third-order valence-corrected chi connectivity index (χ3v) is 3.44. The minimum Gasteiger partial charge on any atom is -0.480 e. The number of hydrogen-bond donors (Lipinski definition) is 1. The molecule has 5 nitrogen and oxygen atoms in total. The third kappa shape index (κ3) is 5.92. The SMILES string of the molecule is O=C(COC(=O)COc1ccccc1Cl)Nc1cc(Cl)cc(Cl)c1. The van der Waals surface area contributed by atoms with E-state index in [2.05, 4.69) is 5.32 Å². The van der Waals surface area contributed by atoms with E-state index in [4.69, 9.17) is 44.3 Å². The van der Waals surface area contributed by atoms with E-state index in [1.165, 1.54) is 18.2 Å².